The lowest BCUT2D eigenvalue weighted by Crippen LogP contribution is -2.14. The number of halogens is 2. The van der Waals surface area contributed by atoms with Crippen molar-refractivity contribution in [1.29, 1.82) is 0 Å². The maximum atomic E-state index is 12.3. The number of ether oxygens (including phenoxy) is 2. The van der Waals surface area contributed by atoms with E-state index in [0.717, 1.165) is 5.56 Å². The fourth-order valence-electron chi connectivity index (χ4n) is 2.58. The molecule has 0 unspecified atom stereocenters. The Morgan fingerprint density at radius 2 is 1.86 bits per heavy atom. The Labute approximate surface area is 182 Å². The van der Waals surface area contributed by atoms with Gasteiger partial charge in [-0.2, -0.15) is 0 Å². The first-order valence-corrected chi connectivity index (χ1v) is 10.2. The van der Waals surface area contributed by atoms with Crippen LogP contribution >= 0.6 is 35.0 Å². The lowest BCUT2D eigenvalue weighted by Gasteiger charge is -2.10. The van der Waals surface area contributed by atoms with Crippen molar-refractivity contribution < 1.29 is 14.3 Å². The smallest absolute Gasteiger partial charge is 0.234 e. The number of carbonyl (C=O) groups excluding carboxylic acids is 1. The van der Waals surface area contributed by atoms with Crippen molar-refractivity contribution in [3.8, 4) is 22.9 Å². The lowest BCUT2D eigenvalue weighted by atomic mass is 10.2. The molecule has 0 atom stereocenters. The SMILES string of the molecule is COc1ccc(-c2nnc(SCC(=O)Nc3cc(Cl)ccc3Cl)n2C)cc1OC. The molecule has 0 radical (unpaired) electrons. The number of benzene rings is 2. The first-order valence-electron chi connectivity index (χ1n) is 8.42. The highest BCUT2D eigenvalue weighted by atomic mass is 35.5. The molecule has 29 heavy (non-hydrogen) atoms. The van der Waals surface area contributed by atoms with Crippen molar-refractivity contribution in [1.82, 2.24) is 14.8 Å². The molecule has 0 aliphatic rings. The minimum atomic E-state index is -0.227. The molecule has 1 N–H and O–H groups in total. The Kier molecular flexibility index (Phi) is 6.89. The van der Waals surface area contributed by atoms with E-state index in [4.69, 9.17) is 32.7 Å². The summed E-state index contributed by atoms with van der Waals surface area (Å²) in [5.41, 5.74) is 1.29. The molecule has 0 aliphatic carbocycles. The monoisotopic (exact) mass is 452 g/mol. The molecule has 3 aromatic rings. The van der Waals surface area contributed by atoms with Crippen molar-refractivity contribution in [2.24, 2.45) is 7.05 Å². The summed E-state index contributed by atoms with van der Waals surface area (Å²) in [5.74, 6) is 1.78. The van der Waals surface area contributed by atoms with Crippen molar-refractivity contribution in [2.45, 2.75) is 5.16 Å². The van der Waals surface area contributed by atoms with Gasteiger partial charge in [0.2, 0.25) is 5.91 Å². The molecule has 0 aliphatic heterocycles. The average molecular weight is 453 g/mol. The highest BCUT2D eigenvalue weighted by Gasteiger charge is 2.15. The Hall–Kier alpha value is -2.42. The minimum Gasteiger partial charge on any atom is -0.493 e. The Morgan fingerprint density at radius 1 is 1.10 bits per heavy atom. The van der Waals surface area contributed by atoms with Crippen LogP contribution < -0.4 is 14.8 Å². The number of aromatic nitrogens is 3. The molecule has 2 aromatic carbocycles. The molecule has 1 aromatic heterocycles. The number of methoxy groups -OCH3 is 2. The van der Waals surface area contributed by atoms with Crippen LogP contribution in [0.5, 0.6) is 11.5 Å². The summed E-state index contributed by atoms with van der Waals surface area (Å²) >= 11 is 13.3. The number of rotatable bonds is 7. The number of thioether (sulfide) groups is 1. The van der Waals surface area contributed by atoms with Crippen LogP contribution in [0.4, 0.5) is 5.69 Å². The van der Waals surface area contributed by atoms with Gasteiger partial charge >= 0.3 is 0 Å². The number of hydrogen-bond acceptors (Lipinski definition) is 6. The van der Waals surface area contributed by atoms with Crippen LogP contribution in [0.3, 0.4) is 0 Å². The molecule has 152 valence electrons. The number of carbonyl (C=O) groups is 1. The molecule has 0 spiro atoms. The predicted molar refractivity (Wildman–Crippen MR) is 115 cm³/mol. The molecule has 1 heterocycles. The van der Waals surface area contributed by atoms with Crippen molar-refractivity contribution >= 4 is 46.6 Å². The molecule has 3 rings (SSSR count). The number of hydrogen-bond donors (Lipinski definition) is 1. The van der Waals surface area contributed by atoms with Crippen molar-refractivity contribution in [2.75, 3.05) is 25.3 Å². The molecule has 0 saturated carbocycles. The van der Waals surface area contributed by atoms with Crippen LogP contribution in [-0.2, 0) is 11.8 Å². The Balaban J connectivity index is 1.70. The number of nitrogens with zero attached hydrogens (tertiary/aromatic N) is 3. The summed E-state index contributed by atoms with van der Waals surface area (Å²) in [7, 11) is 4.99. The van der Waals surface area contributed by atoms with Crippen LogP contribution in [0, 0.1) is 0 Å². The predicted octanol–water partition coefficient (Wildman–Crippen LogP) is 4.54. The summed E-state index contributed by atoms with van der Waals surface area (Å²) in [5, 5.41) is 12.7. The number of amides is 1. The second-order valence-corrected chi connectivity index (χ2v) is 7.68. The van der Waals surface area contributed by atoms with Crippen LogP contribution in [0.25, 0.3) is 11.4 Å². The quantitative estimate of drug-likeness (QED) is 0.530. The van der Waals surface area contributed by atoms with Gasteiger partial charge in [-0.05, 0) is 36.4 Å². The first-order chi connectivity index (χ1) is 13.9. The second-order valence-electron chi connectivity index (χ2n) is 5.90. The van der Waals surface area contributed by atoms with Crippen molar-refractivity contribution in [3.63, 3.8) is 0 Å². The van der Waals surface area contributed by atoms with Gasteiger partial charge in [0.1, 0.15) is 0 Å². The highest BCUT2D eigenvalue weighted by Crippen LogP contribution is 2.32. The molecule has 1 amide bonds. The molecule has 10 heteroatoms. The van der Waals surface area contributed by atoms with Gasteiger partial charge in [0.25, 0.3) is 0 Å². The fourth-order valence-corrected chi connectivity index (χ4v) is 3.62. The van der Waals surface area contributed by atoms with Crippen molar-refractivity contribution in [3.05, 3.63) is 46.4 Å². The van der Waals surface area contributed by atoms with Gasteiger partial charge in [0.05, 0.1) is 30.7 Å². The van der Waals surface area contributed by atoms with E-state index >= 15 is 0 Å². The summed E-state index contributed by atoms with van der Waals surface area (Å²) < 4.78 is 12.4. The average Bonchev–Trinajstić information content (AvgIpc) is 3.09. The third-order valence-electron chi connectivity index (χ3n) is 4.01. The molecular formula is C19H18Cl2N4O3S. The van der Waals surface area contributed by atoms with Gasteiger partial charge in [0.15, 0.2) is 22.5 Å². The van der Waals surface area contributed by atoms with E-state index in [2.05, 4.69) is 15.5 Å². The normalized spacial score (nSPS) is 10.7. The summed E-state index contributed by atoms with van der Waals surface area (Å²) in [4.78, 5) is 12.3. The molecule has 0 bridgehead atoms. The van der Waals surface area contributed by atoms with Gasteiger partial charge in [-0.1, -0.05) is 35.0 Å². The zero-order valence-electron chi connectivity index (χ0n) is 15.9. The maximum absolute atomic E-state index is 12.3. The van der Waals surface area contributed by atoms with E-state index < -0.39 is 0 Å². The van der Waals surface area contributed by atoms with E-state index in [1.807, 2.05) is 23.7 Å². The van der Waals surface area contributed by atoms with Gasteiger partial charge in [-0.15, -0.1) is 10.2 Å². The van der Waals surface area contributed by atoms with Gasteiger partial charge in [-0.25, -0.2) is 0 Å². The molecule has 7 nitrogen and oxygen atoms in total. The number of anilines is 1. The summed E-state index contributed by atoms with van der Waals surface area (Å²) in [6.07, 6.45) is 0. The van der Waals surface area contributed by atoms with E-state index in [1.54, 1.807) is 38.5 Å². The lowest BCUT2D eigenvalue weighted by molar-refractivity contribution is -0.113. The molecular weight excluding hydrogens is 435 g/mol. The summed E-state index contributed by atoms with van der Waals surface area (Å²) in [6.45, 7) is 0. The van der Waals surface area contributed by atoms with Gasteiger partial charge in [-0.3, -0.25) is 4.79 Å². The Morgan fingerprint density at radius 3 is 2.59 bits per heavy atom. The standard InChI is InChI=1S/C19H18Cl2N4O3S/c1-25-18(11-4-7-15(27-2)16(8-11)28-3)23-24-19(25)29-10-17(26)22-14-9-12(20)5-6-13(14)21/h4-9H,10H2,1-3H3,(H,22,26). The number of nitrogens with one attached hydrogen (secondary N) is 1. The highest BCUT2D eigenvalue weighted by molar-refractivity contribution is 7.99. The van der Waals surface area contributed by atoms with E-state index in [0.29, 0.717) is 38.2 Å². The molecule has 0 saturated heterocycles. The Bertz CT molecular complexity index is 1040. The van der Waals surface area contributed by atoms with Crippen LogP contribution in [-0.4, -0.2) is 40.6 Å². The first kappa shape index (κ1) is 21.3. The largest absolute Gasteiger partial charge is 0.493 e. The van der Waals surface area contributed by atoms with Gasteiger partial charge < -0.3 is 19.4 Å². The van der Waals surface area contributed by atoms with Crippen LogP contribution in [0.2, 0.25) is 10.0 Å². The fraction of sp³-hybridized carbons (Fsp3) is 0.211. The third-order valence-corrected chi connectivity index (χ3v) is 5.60. The van der Waals surface area contributed by atoms with Crippen LogP contribution in [0.15, 0.2) is 41.6 Å². The third kappa shape index (κ3) is 4.95. The molecule has 0 fully saturated rings. The maximum Gasteiger partial charge on any atom is 0.234 e. The van der Waals surface area contributed by atoms with Gasteiger partial charge in [0, 0.05) is 17.6 Å². The summed E-state index contributed by atoms with van der Waals surface area (Å²) in [6, 6.07) is 10.4. The van der Waals surface area contributed by atoms with E-state index in [9.17, 15) is 4.79 Å². The second kappa shape index (κ2) is 9.39. The van der Waals surface area contributed by atoms with Crippen LogP contribution in [0.1, 0.15) is 0 Å². The topological polar surface area (TPSA) is 78.3 Å². The zero-order chi connectivity index (χ0) is 21.0. The van der Waals surface area contributed by atoms with E-state index in [1.165, 1.54) is 11.8 Å². The minimum absolute atomic E-state index is 0.140. The van der Waals surface area contributed by atoms with E-state index in [-0.39, 0.29) is 11.7 Å². The zero-order valence-corrected chi connectivity index (χ0v) is 18.2.